The zero-order valence-electron chi connectivity index (χ0n) is 15.9. The molecule has 27 heavy (non-hydrogen) atoms. The number of anilines is 1. The van der Waals surface area contributed by atoms with Crippen LogP contribution in [0.3, 0.4) is 0 Å². The van der Waals surface area contributed by atoms with E-state index in [0.717, 1.165) is 17.7 Å². The van der Waals surface area contributed by atoms with Crippen LogP contribution in [0.25, 0.3) is 0 Å². The molecule has 3 rings (SSSR count). The van der Waals surface area contributed by atoms with Gasteiger partial charge >= 0.3 is 5.97 Å². The van der Waals surface area contributed by atoms with Gasteiger partial charge in [0.1, 0.15) is 17.1 Å². The molecule has 0 saturated heterocycles. The number of methoxy groups -OCH3 is 2. The summed E-state index contributed by atoms with van der Waals surface area (Å²) in [6.07, 6.45) is -0.145. The number of carbonyl (C=O) groups excluding carboxylic acids is 2. The molecule has 0 saturated carbocycles. The van der Waals surface area contributed by atoms with Crippen molar-refractivity contribution in [2.45, 2.75) is 32.4 Å². The smallest absolute Gasteiger partial charge is 0.342 e. The van der Waals surface area contributed by atoms with Gasteiger partial charge in [0.2, 0.25) is 0 Å². The van der Waals surface area contributed by atoms with Gasteiger partial charge in [-0.3, -0.25) is 4.79 Å². The van der Waals surface area contributed by atoms with Gasteiger partial charge in [-0.2, -0.15) is 0 Å². The third-order valence-electron chi connectivity index (χ3n) is 4.70. The quantitative estimate of drug-likeness (QED) is 0.757. The molecule has 0 unspecified atom stereocenters. The summed E-state index contributed by atoms with van der Waals surface area (Å²) in [5, 5.41) is 0. The highest BCUT2D eigenvalue weighted by Gasteiger charge is 2.34. The fourth-order valence-corrected chi connectivity index (χ4v) is 3.35. The van der Waals surface area contributed by atoms with Crippen molar-refractivity contribution in [1.29, 1.82) is 0 Å². The molecule has 2 atom stereocenters. The van der Waals surface area contributed by atoms with Crippen molar-refractivity contribution in [3.05, 3.63) is 53.6 Å². The van der Waals surface area contributed by atoms with Crippen molar-refractivity contribution < 1.29 is 23.8 Å². The topological polar surface area (TPSA) is 65.1 Å². The van der Waals surface area contributed by atoms with Gasteiger partial charge in [-0.15, -0.1) is 0 Å². The molecule has 1 heterocycles. The highest BCUT2D eigenvalue weighted by Crippen LogP contribution is 2.33. The zero-order valence-corrected chi connectivity index (χ0v) is 15.9. The number of hydrogen-bond acceptors (Lipinski definition) is 5. The number of esters is 1. The Morgan fingerprint density at radius 1 is 1.11 bits per heavy atom. The van der Waals surface area contributed by atoms with Crippen molar-refractivity contribution in [1.82, 2.24) is 0 Å². The summed E-state index contributed by atoms with van der Waals surface area (Å²) < 4.78 is 15.8. The number of benzene rings is 2. The maximum Gasteiger partial charge on any atom is 0.342 e. The number of hydrogen-bond donors (Lipinski definition) is 0. The van der Waals surface area contributed by atoms with Gasteiger partial charge in [0.25, 0.3) is 5.91 Å². The lowest BCUT2D eigenvalue weighted by Crippen LogP contribution is -2.43. The van der Waals surface area contributed by atoms with Gasteiger partial charge in [-0.05, 0) is 50.1 Å². The van der Waals surface area contributed by atoms with Gasteiger partial charge in [0, 0.05) is 11.7 Å². The monoisotopic (exact) mass is 369 g/mol. The Balaban J connectivity index is 1.78. The largest absolute Gasteiger partial charge is 0.497 e. The molecule has 0 fully saturated rings. The standard InChI is InChI=1S/C21H23NO5/c1-13-11-15-7-5-6-8-18(15)22(13)20(23)14(2)27-21(24)17-12-16(25-3)9-10-19(17)26-4/h5-10,12-14H,11H2,1-4H3/t13-,14-/m1/s1. The number of carbonyl (C=O) groups is 2. The van der Waals surface area contributed by atoms with Crippen LogP contribution in [0.15, 0.2) is 42.5 Å². The lowest BCUT2D eigenvalue weighted by Gasteiger charge is -2.26. The summed E-state index contributed by atoms with van der Waals surface area (Å²) in [5.41, 5.74) is 2.20. The molecule has 0 N–H and O–H groups in total. The van der Waals surface area contributed by atoms with Crippen LogP contribution in [-0.2, 0) is 16.0 Å². The van der Waals surface area contributed by atoms with E-state index in [1.165, 1.54) is 20.3 Å². The first-order chi connectivity index (χ1) is 13.0. The number of rotatable bonds is 5. The molecule has 0 aliphatic carbocycles. The molecule has 6 nitrogen and oxygen atoms in total. The molecule has 0 aromatic heterocycles. The molecule has 0 bridgehead atoms. The molecular formula is C21H23NO5. The summed E-state index contributed by atoms with van der Waals surface area (Å²) >= 11 is 0. The van der Waals surface area contributed by atoms with Crippen LogP contribution >= 0.6 is 0 Å². The summed E-state index contributed by atoms with van der Waals surface area (Å²) in [6, 6.07) is 12.6. The molecule has 1 aliphatic rings. The van der Waals surface area contributed by atoms with Gasteiger partial charge in [-0.1, -0.05) is 18.2 Å². The summed E-state index contributed by atoms with van der Waals surface area (Å²) in [6.45, 7) is 3.57. The van der Waals surface area contributed by atoms with Crippen molar-refractivity contribution in [2.75, 3.05) is 19.1 Å². The zero-order chi connectivity index (χ0) is 19.6. The van der Waals surface area contributed by atoms with Gasteiger partial charge in [0.15, 0.2) is 6.10 Å². The number of fused-ring (bicyclic) bond motifs is 1. The van der Waals surface area contributed by atoms with Gasteiger partial charge in [-0.25, -0.2) is 4.79 Å². The van der Waals surface area contributed by atoms with E-state index in [9.17, 15) is 9.59 Å². The predicted molar refractivity (Wildman–Crippen MR) is 102 cm³/mol. The molecule has 1 amide bonds. The third kappa shape index (κ3) is 3.60. The van der Waals surface area contributed by atoms with Crippen molar-refractivity contribution >= 4 is 17.6 Å². The SMILES string of the molecule is COc1ccc(OC)c(C(=O)O[C@H](C)C(=O)N2c3ccccc3C[C@H]2C)c1. The molecule has 2 aromatic carbocycles. The summed E-state index contributed by atoms with van der Waals surface area (Å²) in [4.78, 5) is 27.3. The fourth-order valence-electron chi connectivity index (χ4n) is 3.35. The first kappa shape index (κ1) is 18.8. The lowest BCUT2D eigenvalue weighted by atomic mass is 10.1. The number of amides is 1. The van der Waals surface area contributed by atoms with Crippen LogP contribution in [0.1, 0.15) is 29.8 Å². The summed E-state index contributed by atoms with van der Waals surface area (Å²) in [5.74, 6) is -0.0152. The Kier molecular flexibility index (Phi) is 5.35. The first-order valence-electron chi connectivity index (χ1n) is 8.80. The minimum Gasteiger partial charge on any atom is -0.497 e. The Hall–Kier alpha value is -3.02. The van der Waals surface area contributed by atoms with Gasteiger partial charge in [0.05, 0.1) is 14.2 Å². The molecule has 1 aliphatic heterocycles. The third-order valence-corrected chi connectivity index (χ3v) is 4.70. The number of nitrogens with zero attached hydrogens (tertiary/aromatic N) is 1. The van der Waals surface area contributed by atoms with Crippen molar-refractivity contribution in [3.63, 3.8) is 0 Å². The molecule has 2 aromatic rings. The Morgan fingerprint density at radius 3 is 2.56 bits per heavy atom. The first-order valence-corrected chi connectivity index (χ1v) is 8.80. The molecule has 6 heteroatoms. The van der Waals surface area contributed by atoms with E-state index in [-0.39, 0.29) is 17.5 Å². The van der Waals surface area contributed by atoms with E-state index in [0.29, 0.717) is 11.5 Å². The second kappa shape index (κ2) is 7.70. The van der Waals surface area contributed by atoms with Gasteiger partial charge < -0.3 is 19.1 Å². The second-order valence-corrected chi connectivity index (χ2v) is 6.50. The summed E-state index contributed by atoms with van der Waals surface area (Å²) in [7, 11) is 2.98. The van der Waals surface area contributed by atoms with Crippen molar-refractivity contribution in [2.24, 2.45) is 0 Å². The number of ether oxygens (including phenoxy) is 3. The molecule has 142 valence electrons. The van der Waals surface area contributed by atoms with E-state index in [1.54, 1.807) is 24.0 Å². The average molecular weight is 369 g/mol. The number of para-hydroxylation sites is 1. The van der Waals surface area contributed by atoms with Crippen LogP contribution < -0.4 is 14.4 Å². The van der Waals surface area contributed by atoms with Crippen LogP contribution in [0.4, 0.5) is 5.69 Å². The predicted octanol–water partition coefficient (Wildman–Crippen LogP) is 3.23. The fraction of sp³-hybridized carbons (Fsp3) is 0.333. The van der Waals surface area contributed by atoms with Crippen LogP contribution in [0, 0.1) is 0 Å². The van der Waals surface area contributed by atoms with E-state index in [4.69, 9.17) is 14.2 Å². The van der Waals surface area contributed by atoms with Crippen LogP contribution in [0.5, 0.6) is 11.5 Å². The van der Waals surface area contributed by atoms with E-state index in [1.807, 2.05) is 31.2 Å². The normalized spacial score (nSPS) is 16.4. The van der Waals surface area contributed by atoms with Crippen molar-refractivity contribution in [3.8, 4) is 11.5 Å². The Labute approximate surface area is 158 Å². The highest BCUT2D eigenvalue weighted by molar-refractivity contribution is 6.01. The lowest BCUT2D eigenvalue weighted by molar-refractivity contribution is -0.126. The Bertz CT molecular complexity index is 863. The maximum absolute atomic E-state index is 13.0. The van der Waals surface area contributed by atoms with E-state index < -0.39 is 12.1 Å². The van der Waals surface area contributed by atoms with Crippen LogP contribution in [0.2, 0.25) is 0 Å². The van der Waals surface area contributed by atoms with E-state index in [2.05, 4.69) is 0 Å². The maximum atomic E-state index is 13.0. The Morgan fingerprint density at radius 2 is 1.85 bits per heavy atom. The second-order valence-electron chi connectivity index (χ2n) is 6.50. The molecule has 0 spiro atoms. The van der Waals surface area contributed by atoms with E-state index >= 15 is 0 Å². The molecular weight excluding hydrogens is 346 g/mol. The highest BCUT2D eigenvalue weighted by atomic mass is 16.5. The average Bonchev–Trinajstić information content (AvgIpc) is 3.02. The minimum absolute atomic E-state index is 0.0161. The molecule has 0 radical (unpaired) electrons. The van der Waals surface area contributed by atoms with Crippen LogP contribution in [-0.4, -0.2) is 38.2 Å². The minimum atomic E-state index is -0.929.